The lowest BCUT2D eigenvalue weighted by molar-refractivity contribution is 0.126. The Balaban J connectivity index is 1.48. The highest BCUT2D eigenvalue weighted by molar-refractivity contribution is 7.99. The molecule has 1 atom stereocenters. The van der Waals surface area contributed by atoms with E-state index in [2.05, 4.69) is 14.7 Å². The summed E-state index contributed by atoms with van der Waals surface area (Å²) in [5.74, 6) is 0.990. The van der Waals surface area contributed by atoms with E-state index in [4.69, 9.17) is 4.74 Å². The quantitative estimate of drug-likeness (QED) is 0.496. The van der Waals surface area contributed by atoms with Crippen LogP contribution in [0.3, 0.4) is 0 Å². The molecule has 0 aliphatic carbocycles. The van der Waals surface area contributed by atoms with Crippen LogP contribution in [0, 0.1) is 6.92 Å². The lowest BCUT2D eigenvalue weighted by Gasteiger charge is -2.12. The maximum atomic E-state index is 11.2. The van der Waals surface area contributed by atoms with Crippen molar-refractivity contribution in [1.29, 1.82) is 0 Å². The maximum Gasteiger partial charge on any atom is 0.229 e. The van der Waals surface area contributed by atoms with E-state index in [9.17, 15) is 13.5 Å². The van der Waals surface area contributed by atoms with Crippen molar-refractivity contribution in [3.8, 4) is 5.75 Å². The van der Waals surface area contributed by atoms with Gasteiger partial charge in [-0.25, -0.2) is 13.4 Å². The minimum absolute atomic E-state index is 0.130. The number of H-pyrrole nitrogens is 1. The molecular formula is C18H21N3O4S2. The Kier molecular flexibility index (Phi) is 5.93. The Morgan fingerprint density at radius 3 is 2.70 bits per heavy atom. The smallest absolute Gasteiger partial charge is 0.229 e. The van der Waals surface area contributed by atoms with Crippen LogP contribution < -0.4 is 9.46 Å². The fourth-order valence-corrected chi connectivity index (χ4v) is 3.77. The number of hydrogen-bond donors (Lipinski definition) is 3. The number of rotatable bonds is 8. The molecule has 3 aromatic rings. The molecule has 27 heavy (non-hydrogen) atoms. The highest BCUT2D eigenvalue weighted by Gasteiger charge is 2.10. The van der Waals surface area contributed by atoms with E-state index in [-0.39, 0.29) is 6.61 Å². The molecule has 9 heteroatoms. The lowest BCUT2D eigenvalue weighted by Crippen LogP contribution is -2.20. The average Bonchev–Trinajstić information content (AvgIpc) is 3.00. The number of aliphatic hydroxyl groups excluding tert-OH is 1. The van der Waals surface area contributed by atoms with Crippen LogP contribution in [0.15, 0.2) is 47.6 Å². The van der Waals surface area contributed by atoms with Crippen LogP contribution in [-0.2, 0) is 10.0 Å². The van der Waals surface area contributed by atoms with Crippen LogP contribution in [0.25, 0.3) is 11.0 Å². The van der Waals surface area contributed by atoms with Crippen molar-refractivity contribution in [1.82, 2.24) is 9.97 Å². The summed E-state index contributed by atoms with van der Waals surface area (Å²) >= 11 is 1.43. The van der Waals surface area contributed by atoms with E-state index in [0.29, 0.717) is 17.2 Å². The van der Waals surface area contributed by atoms with Gasteiger partial charge in [-0.05, 0) is 48.9 Å². The van der Waals surface area contributed by atoms with Gasteiger partial charge in [-0.2, -0.15) is 0 Å². The Morgan fingerprint density at radius 1 is 1.26 bits per heavy atom. The average molecular weight is 408 g/mol. The molecule has 0 aliphatic heterocycles. The molecule has 144 valence electrons. The van der Waals surface area contributed by atoms with Gasteiger partial charge in [0, 0.05) is 11.4 Å². The summed E-state index contributed by atoms with van der Waals surface area (Å²) in [7, 11) is -3.30. The second-order valence-electron chi connectivity index (χ2n) is 6.24. The zero-order chi connectivity index (χ0) is 19.4. The molecule has 1 heterocycles. The number of imidazole rings is 1. The normalized spacial score (nSPS) is 12.9. The van der Waals surface area contributed by atoms with Crippen molar-refractivity contribution >= 4 is 38.5 Å². The van der Waals surface area contributed by atoms with Gasteiger partial charge in [-0.15, -0.1) is 0 Å². The van der Waals surface area contributed by atoms with Crippen molar-refractivity contribution in [3.63, 3.8) is 0 Å². The Hall–Kier alpha value is -2.23. The fourth-order valence-electron chi connectivity index (χ4n) is 2.42. The standard InChI is InChI=1S/C18H21N3O4S2/c1-12-3-8-16-17(9-12)20-18(19-16)26-11-14(22)10-25-15-6-4-13(5-7-15)21-27(2,23)24/h3-9,14,21-22H,10-11H2,1-2H3,(H,19,20). The monoisotopic (exact) mass is 407 g/mol. The second-order valence-corrected chi connectivity index (χ2v) is 8.99. The van der Waals surface area contributed by atoms with E-state index < -0.39 is 16.1 Å². The first-order valence-corrected chi connectivity index (χ1v) is 11.1. The van der Waals surface area contributed by atoms with E-state index >= 15 is 0 Å². The molecule has 1 unspecified atom stereocenters. The fraction of sp³-hybridized carbons (Fsp3) is 0.278. The number of hydrogen-bond acceptors (Lipinski definition) is 6. The number of aryl methyl sites for hydroxylation is 1. The van der Waals surface area contributed by atoms with Crippen molar-refractivity contribution in [2.45, 2.75) is 18.2 Å². The summed E-state index contributed by atoms with van der Waals surface area (Å²) in [6, 6.07) is 12.5. The molecule has 7 nitrogen and oxygen atoms in total. The van der Waals surface area contributed by atoms with Crippen molar-refractivity contribution in [2.24, 2.45) is 0 Å². The van der Waals surface area contributed by atoms with Crippen LogP contribution in [0.1, 0.15) is 5.56 Å². The van der Waals surface area contributed by atoms with Crippen LogP contribution in [0.4, 0.5) is 5.69 Å². The number of aliphatic hydroxyl groups is 1. The Morgan fingerprint density at radius 2 is 2.00 bits per heavy atom. The van der Waals surface area contributed by atoms with Crippen molar-refractivity contribution < 1.29 is 18.3 Å². The molecule has 0 bridgehead atoms. The molecule has 3 N–H and O–H groups in total. The van der Waals surface area contributed by atoms with Gasteiger partial charge in [0.05, 0.1) is 23.4 Å². The van der Waals surface area contributed by atoms with Crippen molar-refractivity contribution in [3.05, 3.63) is 48.0 Å². The number of ether oxygens (including phenoxy) is 1. The predicted octanol–water partition coefficient (Wildman–Crippen LogP) is 2.77. The van der Waals surface area contributed by atoms with Crippen LogP contribution in [0.2, 0.25) is 0 Å². The molecule has 0 saturated heterocycles. The topological polar surface area (TPSA) is 104 Å². The Labute approximate surface area is 162 Å². The van der Waals surface area contributed by atoms with Gasteiger partial charge in [-0.3, -0.25) is 4.72 Å². The number of aromatic amines is 1. The first kappa shape index (κ1) is 19.5. The van der Waals surface area contributed by atoms with Crippen LogP contribution in [-0.4, -0.2) is 48.2 Å². The van der Waals surface area contributed by atoms with Gasteiger partial charge in [0.2, 0.25) is 10.0 Å². The molecule has 2 aromatic carbocycles. The molecule has 0 saturated carbocycles. The molecular weight excluding hydrogens is 386 g/mol. The van der Waals surface area contributed by atoms with Gasteiger partial charge in [0.15, 0.2) is 5.16 Å². The Bertz CT molecular complexity index is 1020. The van der Waals surface area contributed by atoms with Gasteiger partial charge in [-0.1, -0.05) is 17.8 Å². The summed E-state index contributed by atoms with van der Waals surface area (Å²) in [5, 5.41) is 10.9. The molecule has 0 amide bonds. The van der Waals surface area contributed by atoms with E-state index in [0.717, 1.165) is 28.0 Å². The number of aromatic nitrogens is 2. The lowest BCUT2D eigenvalue weighted by atomic mass is 10.2. The van der Waals surface area contributed by atoms with E-state index in [1.165, 1.54) is 11.8 Å². The van der Waals surface area contributed by atoms with E-state index in [1.54, 1.807) is 24.3 Å². The minimum atomic E-state index is -3.30. The SMILES string of the molecule is Cc1ccc2nc(SCC(O)COc3ccc(NS(C)(=O)=O)cc3)[nH]c2c1. The molecule has 0 spiro atoms. The highest BCUT2D eigenvalue weighted by atomic mass is 32.2. The zero-order valence-corrected chi connectivity index (χ0v) is 16.6. The largest absolute Gasteiger partial charge is 0.491 e. The number of benzene rings is 2. The number of nitrogens with one attached hydrogen (secondary N) is 2. The molecule has 0 fully saturated rings. The number of nitrogens with zero attached hydrogens (tertiary/aromatic N) is 1. The third-order valence-corrected chi connectivity index (χ3v) is 5.25. The molecule has 3 rings (SSSR count). The van der Waals surface area contributed by atoms with Crippen molar-refractivity contribution in [2.75, 3.05) is 23.3 Å². The first-order chi connectivity index (χ1) is 12.8. The van der Waals surface area contributed by atoms with Crippen LogP contribution >= 0.6 is 11.8 Å². The van der Waals surface area contributed by atoms with Gasteiger partial charge < -0.3 is 14.8 Å². The molecule has 1 aromatic heterocycles. The van der Waals surface area contributed by atoms with Gasteiger partial charge >= 0.3 is 0 Å². The summed E-state index contributed by atoms with van der Waals surface area (Å²) in [6.45, 7) is 2.16. The number of anilines is 1. The second kappa shape index (κ2) is 8.20. The maximum absolute atomic E-state index is 11.2. The summed E-state index contributed by atoms with van der Waals surface area (Å²) in [6.07, 6.45) is 0.424. The summed E-state index contributed by atoms with van der Waals surface area (Å²) in [5.41, 5.74) is 3.50. The number of sulfonamides is 1. The minimum Gasteiger partial charge on any atom is -0.491 e. The highest BCUT2D eigenvalue weighted by Crippen LogP contribution is 2.21. The molecule has 0 radical (unpaired) electrons. The van der Waals surface area contributed by atoms with E-state index in [1.807, 2.05) is 25.1 Å². The number of thioether (sulfide) groups is 1. The predicted molar refractivity (Wildman–Crippen MR) is 108 cm³/mol. The summed E-state index contributed by atoms with van der Waals surface area (Å²) in [4.78, 5) is 7.72. The van der Waals surface area contributed by atoms with Gasteiger partial charge in [0.25, 0.3) is 0 Å². The third-order valence-electron chi connectivity index (χ3n) is 3.63. The number of fused-ring (bicyclic) bond motifs is 1. The third kappa shape index (κ3) is 5.88. The van der Waals surface area contributed by atoms with Gasteiger partial charge in [0.1, 0.15) is 12.4 Å². The molecule has 0 aliphatic rings. The van der Waals surface area contributed by atoms with Crippen LogP contribution in [0.5, 0.6) is 5.75 Å². The summed E-state index contributed by atoms with van der Waals surface area (Å²) < 4.78 is 30.3. The first-order valence-electron chi connectivity index (χ1n) is 8.26. The zero-order valence-electron chi connectivity index (χ0n) is 15.0.